The van der Waals surface area contributed by atoms with Crippen LogP contribution < -0.4 is 14.5 Å². The molecule has 0 saturated heterocycles. The Kier molecular flexibility index (Phi) is 8.55. The van der Waals surface area contributed by atoms with Crippen LogP contribution in [0.5, 0.6) is 11.5 Å². The zero-order chi connectivity index (χ0) is 37.6. The number of benzene rings is 5. The zero-order valence-electron chi connectivity index (χ0n) is 32.0. The van der Waals surface area contributed by atoms with Crippen LogP contribution in [0.4, 0.5) is 17.1 Å². The molecule has 56 heavy (non-hydrogen) atoms. The second-order valence-electron chi connectivity index (χ2n) is 15.5. The fourth-order valence-electron chi connectivity index (χ4n) is 8.17. The van der Waals surface area contributed by atoms with Crippen LogP contribution in [0.25, 0.3) is 55.1 Å². The van der Waals surface area contributed by atoms with Gasteiger partial charge in [0.25, 0.3) is 0 Å². The number of ether oxygens (including phenoxy) is 1. The Bertz CT molecular complexity index is 2930. The van der Waals surface area contributed by atoms with Gasteiger partial charge in [-0.15, -0.1) is 47.0 Å². The van der Waals surface area contributed by atoms with Gasteiger partial charge in [-0.2, -0.15) is 12.7 Å². The van der Waals surface area contributed by atoms with Crippen molar-refractivity contribution in [2.45, 2.75) is 40.0 Å². The van der Waals surface area contributed by atoms with Crippen LogP contribution in [0.15, 0.2) is 122 Å². The predicted octanol–water partition coefficient (Wildman–Crippen LogP) is 11.7. The molecule has 0 saturated carbocycles. The Labute approximate surface area is 341 Å². The summed E-state index contributed by atoms with van der Waals surface area (Å²) in [5, 5.41) is 4.69. The van der Waals surface area contributed by atoms with Crippen LogP contribution >= 0.6 is 0 Å². The minimum absolute atomic E-state index is 0. The van der Waals surface area contributed by atoms with Gasteiger partial charge in [-0.3, -0.25) is 4.98 Å². The Morgan fingerprint density at radius 2 is 1.41 bits per heavy atom. The quantitative estimate of drug-likeness (QED) is 0.161. The van der Waals surface area contributed by atoms with Crippen molar-refractivity contribution >= 4 is 60.7 Å². The van der Waals surface area contributed by atoms with Crippen LogP contribution in [0.3, 0.4) is 0 Å². The van der Waals surface area contributed by atoms with Gasteiger partial charge in [-0.05, 0) is 61.0 Å². The van der Waals surface area contributed by atoms with Crippen molar-refractivity contribution in [3.05, 3.63) is 157 Å². The van der Waals surface area contributed by atoms with Gasteiger partial charge in [0.1, 0.15) is 5.82 Å². The molecule has 0 N–H and O–H groups in total. The van der Waals surface area contributed by atoms with E-state index >= 15 is 0 Å². The Morgan fingerprint density at radius 1 is 0.679 bits per heavy atom. The summed E-state index contributed by atoms with van der Waals surface area (Å²) in [5.74, 6) is 2.03. The van der Waals surface area contributed by atoms with Gasteiger partial charge in [-0.25, -0.2) is 4.98 Å². The summed E-state index contributed by atoms with van der Waals surface area (Å²) in [5.41, 5.74) is 11.9. The molecule has 5 aromatic carbocycles. The number of anilines is 3. The van der Waals surface area contributed by atoms with E-state index in [2.05, 4.69) is 168 Å². The van der Waals surface area contributed by atoms with E-state index in [1.54, 1.807) is 0 Å². The minimum atomic E-state index is -0.126. The monoisotopic (exact) mass is 910 g/mol. The van der Waals surface area contributed by atoms with Crippen LogP contribution in [-0.4, -0.2) is 26.1 Å². The maximum Gasteiger partial charge on any atom is 0.137 e. The molecule has 0 spiro atoms. The van der Waals surface area contributed by atoms with Gasteiger partial charge >= 0.3 is 0 Å². The van der Waals surface area contributed by atoms with Crippen LogP contribution in [-0.2, 0) is 26.5 Å². The molecule has 5 heterocycles. The molecule has 0 bridgehead atoms. The summed E-state index contributed by atoms with van der Waals surface area (Å²) in [6, 6.07) is 43.6. The van der Waals surface area contributed by atoms with Crippen molar-refractivity contribution in [1.82, 2.24) is 19.1 Å². The number of hydrogen-bond donors (Lipinski definition) is 0. The van der Waals surface area contributed by atoms with Gasteiger partial charge in [0, 0.05) is 84.9 Å². The first-order valence-corrected chi connectivity index (χ1v) is 18.6. The number of nitrogens with zero attached hydrogens (tertiary/aromatic N) is 6. The molecule has 0 amide bonds. The van der Waals surface area contributed by atoms with E-state index in [1.807, 2.05) is 37.8 Å². The van der Waals surface area contributed by atoms with E-state index in [1.165, 1.54) is 32.9 Å². The number of pyridine rings is 2. The number of fused-ring (bicyclic) bond motifs is 7. The first kappa shape index (κ1) is 35.8. The van der Waals surface area contributed by atoms with Crippen molar-refractivity contribution in [2.75, 3.05) is 16.8 Å². The van der Waals surface area contributed by atoms with Crippen molar-refractivity contribution in [3.63, 3.8) is 0 Å². The van der Waals surface area contributed by atoms with Crippen molar-refractivity contribution < 1.29 is 25.8 Å². The van der Waals surface area contributed by atoms with Gasteiger partial charge in [0.05, 0.1) is 16.7 Å². The molecule has 280 valence electrons. The molecule has 0 atom stereocenters. The van der Waals surface area contributed by atoms with Crippen LogP contribution in [0.2, 0.25) is 0 Å². The largest absolute Gasteiger partial charge is 0.509 e. The standard InChI is InChI=1S/C48H39N6O.Pt/c1-30-11-9-14-39-40-15-10-12-31(2)47(40)53(46(30)39)33-19-22-50-45(26-33)54-41-16-8-7-13-37(41)38-18-17-35(27-43(38)54)55-36-24-32(48(3,4)5)23-34(25-36)52-29-51(6)44-28-49-21-20-42(44)52;/h7-24,26,28-29H,1-6H3;/q-3;. The molecule has 0 radical (unpaired) electrons. The molecule has 1 aliphatic rings. The second-order valence-corrected chi connectivity index (χ2v) is 15.5. The van der Waals surface area contributed by atoms with Gasteiger partial charge in [0.15, 0.2) is 0 Å². The van der Waals surface area contributed by atoms with E-state index in [0.29, 0.717) is 11.5 Å². The topological polar surface area (TPSA) is 51.4 Å². The molecule has 1 aliphatic heterocycles. The summed E-state index contributed by atoms with van der Waals surface area (Å²) in [4.78, 5) is 13.6. The van der Waals surface area contributed by atoms with Gasteiger partial charge in [0.2, 0.25) is 0 Å². The first-order chi connectivity index (χ1) is 26.6. The van der Waals surface area contributed by atoms with Crippen molar-refractivity contribution in [1.29, 1.82) is 0 Å². The number of para-hydroxylation sites is 3. The van der Waals surface area contributed by atoms with Gasteiger partial charge < -0.3 is 23.7 Å². The number of rotatable bonds is 5. The van der Waals surface area contributed by atoms with Crippen molar-refractivity contribution in [2.24, 2.45) is 0 Å². The third kappa shape index (κ3) is 5.67. The maximum atomic E-state index is 6.71. The smallest absolute Gasteiger partial charge is 0.137 e. The fourth-order valence-corrected chi connectivity index (χ4v) is 8.17. The second kappa shape index (κ2) is 13.4. The number of aryl methyl sites for hydroxylation is 2. The van der Waals surface area contributed by atoms with Crippen molar-refractivity contribution in [3.8, 4) is 23.0 Å². The Hall–Kier alpha value is -5.91. The Morgan fingerprint density at radius 3 is 2.16 bits per heavy atom. The normalized spacial score (nSPS) is 12.9. The molecule has 8 heteroatoms. The molecule has 4 aromatic heterocycles. The minimum Gasteiger partial charge on any atom is -0.509 e. The Balaban J connectivity index is 0.00000410. The SMILES string of the molecule is Cc1cccc2c3cccc(C)c3n(-c3ccnc(-n4c5[c-]c(Oc6[c-]c(N7[CH-]N(C)c8cnccc87)cc(C(C)(C)C)c6)ccc5c5ccccc54)c3)c12.[Pt]. The van der Waals surface area contributed by atoms with E-state index in [0.717, 1.165) is 55.9 Å². The van der Waals surface area contributed by atoms with E-state index in [-0.39, 0.29) is 26.5 Å². The molecular weight excluding hydrogens is 872 g/mol. The maximum absolute atomic E-state index is 6.71. The molecule has 0 fully saturated rings. The van der Waals surface area contributed by atoms with E-state index < -0.39 is 0 Å². The zero-order valence-corrected chi connectivity index (χ0v) is 34.3. The molecule has 10 rings (SSSR count). The number of hydrogen-bond acceptors (Lipinski definition) is 5. The molecule has 0 unspecified atom stereocenters. The average molecular weight is 911 g/mol. The fraction of sp³-hybridized carbons (Fsp3) is 0.146. The first-order valence-electron chi connectivity index (χ1n) is 18.6. The van der Waals surface area contributed by atoms with Crippen LogP contribution in [0, 0.1) is 32.6 Å². The summed E-state index contributed by atoms with van der Waals surface area (Å²) in [7, 11) is 2.03. The summed E-state index contributed by atoms with van der Waals surface area (Å²) in [6.45, 7) is 13.1. The molecule has 0 aliphatic carbocycles. The summed E-state index contributed by atoms with van der Waals surface area (Å²) < 4.78 is 11.3. The molecule has 9 aromatic rings. The third-order valence-electron chi connectivity index (χ3n) is 10.9. The van der Waals surface area contributed by atoms with Crippen LogP contribution in [0.1, 0.15) is 37.5 Å². The third-order valence-corrected chi connectivity index (χ3v) is 10.9. The van der Waals surface area contributed by atoms with E-state index in [9.17, 15) is 0 Å². The number of aromatic nitrogens is 4. The average Bonchev–Trinajstić information content (AvgIpc) is 3.83. The summed E-state index contributed by atoms with van der Waals surface area (Å²) in [6.07, 6.45) is 5.62. The molecular formula is C48H39N6OPt-3. The summed E-state index contributed by atoms with van der Waals surface area (Å²) >= 11 is 0. The van der Waals surface area contributed by atoms with E-state index in [4.69, 9.17) is 9.72 Å². The molecule has 7 nitrogen and oxygen atoms in total. The predicted molar refractivity (Wildman–Crippen MR) is 224 cm³/mol. The van der Waals surface area contributed by atoms with Gasteiger partial charge in [-0.1, -0.05) is 80.9 Å².